The van der Waals surface area contributed by atoms with Gasteiger partial charge in [-0.2, -0.15) is 0 Å². The standard InChI is InChI=1S/C24H14ClNO3S/c25-17-8-11-22-16(12-17)13-20(24(27)29-22)23-26-21(14-30-23)15-6-9-19(10-7-15)28-18-4-2-1-3-5-18/h1-14H. The van der Waals surface area contributed by atoms with Gasteiger partial charge in [0, 0.05) is 21.4 Å². The summed E-state index contributed by atoms with van der Waals surface area (Å²) in [6, 6.07) is 24.2. The lowest BCUT2D eigenvalue weighted by Gasteiger charge is -2.05. The van der Waals surface area contributed by atoms with E-state index in [0.29, 0.717) is 21.2 Å². The Bertz CT molecular complexity index is 1390. The largest absolute Gasteiger partial charge is 0.457 e. The van der Waals surface area contributed by atoms with Crippen LogP contribution in [0.25, 0.3) is 32.8 Å². The molecule has 5 rings (SSSR count). The van der Waals surface area contributed by atoms with E-state index in [0.717, 1.165) is 28.1 Å². The molecule has 4 nitrogen and oxygen atoms in total. The van der Waals surface area contributed by atoms with E-state index < -0.39 is 5.63 Å². The van der Waals surface area contributed by atoms with Crippen molar-refractivity contribution in [2.75, 3.05) is 0 Å². The maximum atomic E-state index is 12.4. The van der Waals surface area contributed by atoms with Gasteiger partial charge < -0.3 is 9.15 Å². The first kappa shape index (κ1) is 18.6. The predicted molar refractivity (Wildman–Crippen MR) is 121 cm³/mol. The van der Waals surface area contributed by atoms with Crippen LogP contribution in [0.3, 0.4) is 0 Å². The van der Waals surface area contributed by atoms with Crippen LogP contribution in [-0.4, -0.2) is 4.98 Å². The summed E-state index contributed by atoms with van der Waals surface area (Å²) in [4.78, 5) is 17.1. The third-order valence-corrected chi connectivity index (χ3v) is 5.67. The number of rotatable bonds is 4. The molecular formula is C24H14ClNO3S. The third kappa shape index (κ3) is 3.73. The molecular weight excluding hydrogens is 418 g/mol. The average Bonchev–Trinajstić information content (AvgIpc) is 3.25. The maximum absolute atomic E-state index is 12.4. The van der Waals surface area contributed by atoms with Crippen LogP contribution in [0.15, 0.2) is 93.5 Å². The average molecular weight is 432 g/mol. The van der Waals surface area contributed by atoms with Crippen LogP contribution in [0, 0.1) is 0 Å². The van der Waals surface area contributed by atoms with Crippen LogP contribution in [0.2, 0.25) is 5.02 Å². The molecule has 5 aromatic rings. The molecule has 146 valence electrons. The number of nitrogens with zero attached hydrogens (tertiary/aromatic N) is 1. The van der Waals surface area contributed by atoms with Crippen molar-refractivity contribution in [2.45, 2.75) is 0 Å². The molecule has 2 aromatic heterocycles. The van der Waals surface area contributed by atoms with Crippen molar-refractivity contribution in [3.8, 4) is 33.3 Å². The molecule has 0 amide bonds. The van der Waals surface area contributed by atoms with Crippen molar-refractivity contribution < 1.29 is 9.15 Å². The van der Waals surface area contributed by atoms with Gasteiger partial charge in [-0.05, 0) is 60.7 Å². The van der Waals surface area contributed by atoms with E-state index in [1.165, 1.54) is 11.3 Å². The first-order valence-corrected chi connectivity index (χ1v) is 10.4. The molecule has 2 heterocycles. The first-order valence-electron chi connectivity index (χ1n) is 9.18. The summed E-state index contributed by atoms with van der Waals surface area (Å²) >= 11 is 7.46. The molecule has 0 unspecified atom stereocenters. The van der Waals surface area contributed by atoms with Gasteiger partial charge in [-0.3, -0.25) is 0 Å². The fourth-order valence-electron chi connectivity index (χ4n) is 3.09. The Balaban J connectivity index is 1.43. The fraction of sp³-hybridized carbons (Fsp3) is 0. The van der Waals surface area contributed by atoms with E-state index in [9.17, 15) is 4.79 Å². The van der Waals surface area contributed by atoms with Gasteiger partial charge in [0.15, 0.2) is 0 Å². The molecule has 0 aliphatic carbocycles. The highest BCUT2D eigenvalue weighted by Crippen LogP contribution is 2.31. The van der Waals surface area contributed by atoms with Crippen LogP contribution < -0.4 is 10.4 Å². The Kier molecular flexibility index (Phi) is 4.83. The molecule has 0 atom stereocenters. The molecule has 0 spiro atoms. The summed E-state index contributed by atoms with van der Waals surface area (Å²) in [6.07, 6.45) is 0. The van der Waals surface area contributed by atoms with Crippen molar-refractivity contribution in [1.29, 1.82) is 0 Å². The molecule has 0 bridgehead atoms. The fourth-order valence-corrected chi connectivity index (χ4v) is 4.10. The highest BCUT2D eigenvalue weighted by Gasteiger charge is 2.13. The quantitative estimate of drug-likeness (QED) is 0.286. The van der Waals surface area contributed by atoms with E-state index in [4.69, 9.17) is 20.8 Å². The van der Waals surface area contributed by atoms with Crippen LogP contribution >= 0.6 is 22.9 Å². The van der Waals surface area contributed by atoms with E-state index in [2.05, 4.69) is 4.98 Å². The molecule has 0 saturated heterocycles. The lowest BCUT2D eigenvalue weighted by Crippen LogP contribution is -2.02. The highest BCUT2D eigenvalue weighted by atomic mass is 35.5. The van der Waals surface area contributed by atoms with Gasteiger partial charge in [0.1, 0.15) is 22.1 Å². The first-order chi connectivity index (χ1) is 14.7. The predicted octanol–water partition coefficient (Wildman–Crippen LogP) is 7.03. The summed E-state index contributed by atoms with van der Waals surface area (Å²) in [5.41, 5.74) is 2.22. The van der Waals surface area contributed by atoms with E-state index >= 15 is 0 Å². The molecule has 0 saturated carbocycles. The van der Waals surface area contributed by atoms with Crippen LogP contribution in [0.5, 0.6) is 11.5 Å². The number of fused-ring (bicyclic) bond motifs is 1. The van der Waals surface area contributed by atoms with Gasteiger partial charge in [-0.15, -0.1) is 11.3 Å². The van der Waals surface area contributed by atoms with Crippen molar-refractivity contribution in [3.63, 3.8) is 0 Å². The van der Waals surface area contributed by atoms with Crippen molar-refractivity contribution in [3.05, 3.63) is 99.7 Å². The van der Waals surface area contributed by atoms with E-state index in [-0.39, 0.29) is 0 Å². The van der Waals surface area contributed by atoms with Crippen LogP contribution in [0.1, 0.15) is 0 Å². The highest BCUT2D eigenvalue weighted by molar-refractivity contribution is 7.13. The summed E-state index contributed by atoms with van der Waals surface area (Å²) in [7, 11) is 0. The lowest BCUT2D eigenvalue weighted by molar-refractivity contribution is 0.483. The van der Waals surface area contributed by atoms with Crippen molar-refractivity contribution >= 4 is 33.9 Å². The Morgan fingerprint density at radius 1 is 0.900 bits per heavy atom. The second kappa shape index (κ2) is 7.78. The molecule has 0 aliphatic rings. The van der Waals surface area contributed by atoms with Gasteiger partial charge in [-0.25, -0.2) is 9.78 Å². The zero-order valence-corrected chi connectivity index (χ0v) is 17.1. The summed E-state index contributed by atoms with van der Waals surface area (Å²) in [5.74, 6) is 1.52. The van der Waals surface area contributed by atoms with E-state index in [1.807, 2.05) is 60.0 Å². The van der Waals surface area contributed by atoms with E-state index in [1.54, 1.807) is 24.3 Å². The van der Waals surface area contributed by atoms with Gasteiger partial charge in [-0.1, -0.05) is 29.8 Å². The van der Waals surface area contributed by atoms with Crippen LogP contribution in [-0.2, 0) is 0 Å². The second-order valence-electron chi connectivity index (χ2n) is 6.61. The molecule has 0 fully saturated rings. The Morgan fingerprint density at radius 3 is 2.47 bits per heavy atom. The topological polar surface area (TPSA) is 52.3 Å². The zero-order chi connectivity index (χ0) is 20.5. The van der Waals surface area contributed by atoms with Crippen molar-refractivity contribution in [2.24, 2.45) is 0 Å². The number of para-hydroxylation sites is 1. The second-order valence-corrected chi connectivity index (χ2v) is 7.90. The summed E-state index contributed by atoms with van der Waals surface area (Å²) < 4.78 is 11.3. The maximum Gasteiger partial charge on any atom is 0.346 e. The zero-order valence-electron chi connectivity index (χ0n) is 15.5. The number of halogens is 1. The van der Waals surface area contributed by atoms with Gasteiger partial charge >= 0.3 is 5.63 Å². The van der Waals surface area contributed by atoms with Crippen molar-refractivity contribution in [1.82, 2.24) is 4.98 Å². The molecule has 0 radical (unpaired) electrons. The molecule has 0 aliphatic heterocycles. The normalized spacial score (nSPS) is 11.0. The smallest absolute Gasteiger partial charge is 0.346 e. The number of ether oxygens (including phenoxy) is 1. The minimum Gasteiger partial charge on any atom is -0.457 e. The summed E-state index contributed by atoms with van der Waals surface area (Å²) in [6.45, 7) is 0. The Labute approximate surface area is 181 Å². The Hall–Kier alpha value is -3.41. The third-order valence-electron chi connectivity index (χ3n) is 4.56. The monoisotopic (exact) mass is 431 g/mol. The van der Waals surface area contributed by atoms with Gasteiger partial charge in [0.2, 0.25) is 0 Å². The number of aromatic nitrogens is 1. The number of thiazole rings is 1. The molecule has 0 N–H and O–H groups in total. The number of hydrogen-bond acceptors (Lipinski definition) is 5. The van der Waals surface area contributed by atoms with Gasteiger partial charge in [0.05, 0.1) is 11.3 Å². The van der Waals surface area contributed by atoms with Gasteiger partial charge in [0.25, 0.3) is 0 Å². The minimum atomic E-state index is -0.419. The number of hydrogen-bond donors (Lipinski definition) is 0. The summed E-state index contributed by atoms with van der Waals surface area (Å²) in [5, 5.41) is 3.87. The SMILES string of the molecule is O=c1oc2ccc(Cl)cc2cc1-c1nc(-c2ccc(Oc3ccccc3)cc2)cs1. The lowest BCUT2D eigenvalue weighted by atomic mass is 10.1. The van der Waals surface area contributed by atoms with Crippen LogP contribution in [0.4, 0.5) is 0 Å². The molecule has 30 heavy (non-hydrogen) atoms. The number of benzene rings is 3. The Morgan fingerprint density at radius 2 is 1.67 bits per heavy atom. The molecule has 6 heteroatoms. The minimum absolute atomic E-state index is 0.419. The molecule has 3 aromatic carbocycles.